The van der Waals surface area contributed by atoms with Crippen LogP contribution < -0.4 is 4.72 Å². The summed E-state index contributed by atoms with van der Waals surface area (Å²) in [4.78, 5) is 0.515. The number of halogens is 1. The van der Waals surface area contributed by atoms with Crippen LogP contribution in [-0.2, 0) is 10.0 Å². The van der Waals surface area contributed by atoms with Gasteiger partial charge in [-0.25, -0.2) is 13.1 Å². The fourth-order valence-corrected chi connectivity index (χ4v) is 3.50. The Morgan fingerprint density at radius 1 is 1.41 bits per heavy atom. The highest BCUT2D eigenvalue weighted by Gasteiger charge is 2.15. The summed E-state index contributed by atoms with van der Waals surface area (Å²) in [6, 6.07) is 6.91. The van der Waals surface area contributed by atoms with Crippen LogP contribution in [0.15, 0.2) is 29.2 Å². The van der Waals surface area contributed by atoms with Gasteiger partial charge >= 0.3 is 0 Å². The van der Waals surface area contributed by atoms with Gasteiger partial charge in [0.25, 0.3) is 0 Å². The van der Waals surface area contributed by atoms with E-state index in [0.29, 0.717) is 11.4 Å². The van der Waals surface area contributed by atoms with Crippen molar-refractivity contribution in [2.24, 2.45) is 0 Å². The third kappa shape index (κ3) is 4.77. The van der Waals surface area contributed by atoms with Gasteiger partial charge in [0.1, 0.15) is 0 Å². The first-order valence-corrected chi connectivity index (χ1v) is 8.06. The summed E-state index contributed by atoms with van der Waals surface area (Å²) in [6.45, 7) is 4.37. The number of hydrogen-bond donors (Lipinski definition) is 1. The summed E-state index contributed by atoms with van der Waals surface area (Å²) < 4.78 is 26.5. The molecule has 0 fully saturated rings. The molecule has 0 heterocycles. The average molecular weight is 320 g/mol. The molecule has 3 nitrogen and oxygen atoms in total. The number of alkyl halides is 1. The van der Waals surface area contributed by atoms with Crippen LogP contribution in [0.2, 0.25) is 0 Å². The molecule has 1 rings (SSSR count). The molecule has 1 aromatic carbocycles. The Morgan fingerprint density at radius 2 is 2.12 bits per heavy atom. The quantitative estimate of drug-likeness (QED) is 0.819. The van der Waals surface area contributed by atoms with E-state index in [1.807, 2.05) is 13.0 Å². The maximum absolute atomic E-state index is 12.0. The van der Waals surface area contributed by atoms with E-state index < -0.39 is 10.0 Å². The minimum atomic E-state index is -3.38. The number of benzene rings is 1. The van der Waals surface area contributed by atoms with Gasteiger partial charge in [0, 0.05) is 11.4 Å². The molecular weight excluding hydrogens is 302 g/mol. The number of sulfonamides is 1. The molecule has 0 radical (unpaired) electrons. The summed E-state index contributed by atoms with van der Waals surface area (Å²) in [6.07, 6.45) is 1.98. The van der Waals surface area contributed by atoms with Gasteiger partial charge in [-0.15, -0.1) is 0 Å². The molecule has 0 aliphatic rings. The monoisotopic (exact) mass is 319 g/mol. The van der Waals surface area contributed by atoms with Crippen LogP contribution in [0.5, 0.6) is 0 Å². The van der Waals surface area contributed by atoms with Crippen LogP contribution in [0, 0.1) is 6.92 Å². The Morgan fingerprint density at radius 3 is 2.71 bits per heavy atom. The van der Waals surface area contributed by atoms with Crippen molar-refractivity contribution in [2.75, 3.05) is 6.54 Å². The van der Waals surface area contributed by atoms with Gasteiger partial charge < -0.3 is 0 Å². The second-order valence-corrected chi connectivity index (χ2v) is 7.12. The topological polar surface area (TPSA) is 46.2 Å². The standard InChI is InChI=1S/C12H18BrNO2S/c1-3-5-11(13)9-14-17(15,16)12-7-4-6-10(2)8-12/h4,6-8,11,14H,3,5,9H2,1-2H3. The second-order valence-electron chi connectivity index (χ2n) is 4.05. The Kier molecular flexibility index (Phi) is 5.62. The van der Waals surface area contributed by atoms with E-state index in [2.05, 4.69) is 27.6 Å². The van der Waals surface area contributed by atoms with Gasteiger partial charge in [-0.1, -0.05) is 41.4 Å². The minimum Gasteiger partial charge on any atom is -0.210 e. The lowest BCUT2D eigenvalue weighted by molar-refractivity contribution is 0.578. The van der Waals surface area contributed by atoms with E-state index in [9.17, 15) is 8.42 Å². The summed E-state index contributed by atoms with van der Waals surface area (Å²) in [5.41, 5.74) is 0.942. The maximum Gasteiger partial charge on any atom is 0.240 e. The summed E-state index contributed by atoms with van der Waals surface area (Å²) >= 11 is 3.45. The lowest BCUT2D eigenvalue weighted by Gasteiger charge is -2.11. The molecule has 96 valence electrons. The molecule has 0 aliphatic carbocycles. The maximum atomic E-state index is 12.0. The van der Waals surface area contributed by atoms with E-state index in [4.69, 9.17) is 0 Å². The largest absolute Gasteiger partial charge is 0.240 e. The predicted molar refractivity (Wildman–Crippen MR) is 74.0 cm³/mol. The summed E-state index contributed by atoms with van der Waals surface area (Å²) in [5, 5.41) is 0. The summed E-state index contributed by atoms with van der Waals surface area (Å²) in [7, 11) is -3.38. The van der Waals surface area contributed by atoms with Crippen LogP contribution in [-0.4, -0.2) is 19.8 Å². The second kappa shape index (κ2) is 6.52. The average Bonchev–Trinajstić information content (AvgIpc) is 2.27. The predicted octanol–water partition coefficient (Wildman–Crippen LogP) is 2.84. The van der Waals surface area contributed by atoms with Gasteiger partial charge in [0.15, 0.2) is 0 Å². The minimum absolute atomic E-state index is 0.187. The highest BCUT2D eigenvalue weighted by Crippen LogP contribution is 2.12. The van der Waals surface area contributed by atoms with Crippen molar-refractivity contribution in [1.29, 1.82) is 0 Å². The SMILES string of the molecule is CCCC(Br)CNS(=O)(=O)c1cccc(C)c1. The van der Waals surface area contributed by atoms with Crippen molar-refractivity contribution in [3.63, 3.8) is 0 Å². The first-order valence-electron chi connectivity index (χ1n) is 5.66. The molecule has 0 spiro atoms. The molecule has 0 bridgehead atoms. The van der Waals surface area contributed by atoms with Gasteiger partial charge in [-0.05, 0) is 31.0 Å². The molecule has 1 atom stereocenters. The molecular formula is C12H18BrNO2S. The highest BCUT2D eigenvalue weighted by molar-refractivity contribution is 9.09. The van der Waals surface area contributed by atoms with E-state index >= 15 is 0 Å². The van der Waals surface area contributed by atoms with Crippen LogP contribution in [0.25, 0.3) is 0 Å². The van der Waals surface area contributed by atoms with E-state index in [1.54, 1.807) is 18.2 Å². The van der Waals surface area contributed by atoms with Crippen LogP contribution >= 0.6 is 15.9 Å². The number of rotatable bonds is 6. The molecule has 1 unspecified atom stereocenters. The Hall–Kier alpha value is -0.390. The zero-order valence-electron chi connectivity index (χ0n) is 10.1. The normalized spacial score (nSPS) is 13.6. The summed E-state index contributed by atoms with van der Waals surface area (Å²) in [5.74, 6) is 0. The third-order valence-corrected chi connectivity index (χ3v) is 4.60. The van der Waals surface area contributed by atoms with Crippen LogP contribution in [0.4, 0.5) is 0 Å². The van der Waals surface area contributed by atoms with Crippen molar-refractivity contribution in [3.05, 3.63) is 29.8 Å². The van der Waals surface area contributed by atoms with Gasteiger partial charge in [0.05, 0.1) is 4.90 Å². The molecule has 0 aliphatic heterocycles. The zero-order valence-corrected chi connectivity index (χ0v) is 12.5. The molecule has 0 amide bonds. The number of aryl methyl sites for hydroxylation is 1. The smallest absolute Gasteiger partial charge is 0.210 e. The fraction of sp³-hybridized carbons (Fsp3) is 0.500. The van der Waals surface area contributed by atoms with Gasteiger partial charge in [0.2, 0.25) is 10.0 Å². The molecule has 0 saturated carbocycles. The third-order valence-electron chi connectivity index (χ3n) is 2.40. The van der Waals surface area contributed by atoms with Gasteiger partial charge in [-0.2, -0.15) is 0 Å². The van der Waals surface area contributed by atoms with E-state index in [0.717, 1.165) is 18.4 Å². The van der Waals surface area contributed by atoms with E-state index in [1.165, 1.54) is 0 Å². The Bertz CT molecular complexity index is 459. The zero-order chi connectivity index (χ0) is 12.9. The fourth-order valence-electron chi connectivity index (χ4n) is 1.48. The van der Waals surface area contributed by atoms with E-state index in [-0.39, 0.29) is 4.83 Å². The molecule has 17 heavy (non-hydrogen) atoms. The van der Waals surface area contributed by atoms with Crippen molar-refractivity contribution >= 4 is 26.0 Å². The number of hydrogen-bond acceptors (Lipinski definition) is 2. The highest BCUT2D eigenvalue weighted by atomic mass is 79.9. The Labute approximate surface area is 112 Å². The molecule has 0 aromatic heterocycles. The van der Waals surface area contributed by atoms with Crippen molar-refractivity contribution in [2.45, 2.75) is 36.4 Å². The Balaban J connectivity index is 2.69. The molecule has 0 saturated heterocycles. The first-order chi connectivity index (χ1) is 7.95. The molecule has 5 heteroatoms. The van der Waals surface area contributed by atoms with Crippen molar-refractivity contribution in [3.8, 4) is 0 Å². The molecule has 1 aromatic rings. The van der Waals surface area contributed by atoms with Gasteiger partial charge in [-0.3, -0.25) is 0 Å². The van der Waals surface area contributed by atoms with Crippen molar-refractivity contribution in [1.82, 2.24) is 4.72 Å². The first kappa shape index (κ1) is 14.7. The van der Waals surface area contributed by atoms with Crippen molar-refractivity contribution < 1.29 is 8.42 Å². The lowest BCUT2D eigenvalue weighted by Crippen LogP contribution is -2.29. The lowest BCUT2D eigenvalue weighted by atomic mass is 10.2. The van der Waals surface area contributed by atoms with Crippen LogP contribution in [0.3, 0.4) is 0 Å². The number of nitrogens with one attached hydrogen (secondary N) is 1. The molecule has 1 N–H and O–H groups in total. The van der Waals surface area contributed by atoms with Crippen LogP contribution in [0.1, 0.15) is 25.3 Å².